The first-order chi connectivity index (χ1) is 16.7. The molecule has 0 saturated heterocycles. The van der Waals surface area contributed by atoms with Crippen molar-refractivity contribution < 1.29 is 9.53 Å². The minimum absolute atomic E-state index is 0.322. The molecule has 4 aromatic rings. The summed E-state index contributed by atoms with van der Waals surface area (Å²) in [6.07, 6.45) is 8.85. The number of benzene rings is 3. The highest BCUT2D eigenvalue weighted by Crippen LogP contribution is 2.45. The maximum absolute atomic E-state index is 11.7. The molecule has 0 bridgehead atoms. The van der Waals surface area contributed by atoms with Crippen LogP contribution < -0.4 is 0 Å². The predicted octanol–water partition coefficient (Wildman–Crippen LogP) is 6.90. The van der Waals surface area contributed by atoms with Gasteiger partial charge in [0.15, 0.2) is 0 Å². The molecule has 1 heterocycles. The van der Waals surface area contributed by atoms with E-state index < -0.39 is 0 Å². The van der Waals surface area contributed by atoms with Crippen LogP contribution in [-0.2, 0) is 9.53 Å². The molecule has 1 fully saturated rings. The van der Waals surface area contributed by atoms with E-state index in [1.54, 1.807) is 6.08 Å². The lowest BCUT2D eigenvalue weighted by Gasteiger charge is -2.31. The zero-order valence-electron chi connectivity index (χ0n) is 19.3. The normalized spacial score (nSPS) is 14.7. The van der Waals surface area contributed by atoms with Gasteiger partial charge >= 0.3 is 5.97 Å². The van der Waals surface area contributed by atoms with Crippen LogP contribution >= 0.6 is 0 Å². The van der Waals surface area contributed by atoms with E-state index in [0.717, 1.165) is 16.5 Å². The van der Waals surface area contributed by atoms with Crippen LogP contribution in [0.4, 0.5) is 0 Å². The van der Waals surface area contributed by atoms with Gasteiger partial charge in [-0.3, -0.25) is 5.10 Å². The summed E-state index contributed by atoms with van der Waals surface area (Å²) in [5.74, 6) is 0.220. The molecule has 0 atom stereocenters. The summed E-state index contributed by atoms with van der Waals surface area (Å²) in [6.45, 7) is 2.18. The number of nitrogens with one attached hydrogen (secondary N) is 1. The predicted molar refractivity (Wildman–Crippen MR) is 138 cm³/mol. The molecule has 1 N–H and O–H groups in total. The van der Waals surface area contributed by atoms with Crippen molar-refractivity contribution in [3.05, 3.63) is 107 Å². The maximum atomic E-state index is 11.7. The van der Waals surface area contributed by atoms with Crippen molar-refractivity contribution in [1.82, 2.24) is 10.2 Å². The first-order valence-electron chi connectivity index (χ1n) is 11.9. The number of carbonyl (C=O) groups is 1. The van der Waals surface area contributed by atoms with Crippen LogP contribution in [0.3, 0.4) is 0 Å². The summed E-state index contributed by atoms with van der Waals surface area (Å²) in [4.78, 5) is 11.7. The molecular formula is C30H28N2O2. The van der Waals surface area contributed by atoms with E-state index in [4.69, 9.17) is 4.74 Å². The van der Waals surface area contributed by atoms with Gasteiger partial charge in [-0.15, -0.1) is 0 Å². The molecule has 1 aliphatic carbocycles. The van der Waals surface area contributed by atoms with Crippen molar-refractivity contribution in [1.29, 1.82) is 0 Å². The summed E-state index contributed by atoms with van der Waals surface area (Å²) >= 11 is 0. The van der Waals surface area contributed by atoms with E-state index in [1.807, 2.05) is 13.1 Å². The molecule has 4 heteroatoms. The molecule has 0 unspecified atom stereocenters. The number of aromatic nitrogens is 2. The Balaban J connectivity index is 1.64. The van der Waals surface area contributed by atoms with E-state index >= 15 is 0 Å². The molecule has 0 radical (unpaired) electrons. The fourth-order valence-corrected chi connectivity index (χ4v) is 4.59. The van der Waals surface area contributed by atoms with E-state index in [0.29, 0.717) is 12.5 Å². The van der Waals surface area contributed by atoms with Crippen molar-refractivity contribution in [2.75, 3.05) is 6.61 Å². The number of esters is 1. The average Bonchev–Trinajstić information content (AvgIpc) is 3.31. The number of nitrogens with zero attached hydrogens (tertiary/aromatic N) is 1. The number of hydrogen-bond donors (Lipinski definition) is 1. The van der Waals surface area contributed by atoms with Crippen molar-refractivity contribution in [3.63, 3.8) is 0 Å². The smallest absolute Gasteiger partial charge is 0.330 e. The van der Waals surface area contributed by atoms with Gasteiger partial charge in [0.25, 0.3) is 0 Å². The number of allylic oxidation sites excluding steroid dienone is 1. The minimum Gasteiger partial charge on any atom is -0.463 e. The third kappa shape index (κ3) is 4.58. The highest BCUT2D eigenvalue weighted by atomic mass is 16.5. The number of aromatic amines is 1. The van der Waals surface area contributed by atoms with Crippen LogP contribution in [0.25, 0.3) is 28.1 Å². The summed E-state index contributed by atoms with van der Waals surface area (Å²) in [5.41, 5.74) is 8.31. The summed E-state index contributed by atoms with van der Waals surface area (Å²) in [6, 6.07) is 25.7. The van der Waals surface area contributed by atoms with E-state index in [1.165, 1.54) is 53.2 Å². The van der Waals surface area contributed by atoms with Gasteiger partial charge in [0.05, 0.1) is 18.3 Å². The quantitative estimate of drug-likeness (QED) is 0.190. The molecule has 3 aromatic carbocycles. The number of fused-ring (bicyclic) bond motifs is 1. The lowest BCUT2D eigenvalue weighted by Crippen LogP contribution is -2.15. The van der Waals surface area contributed by atoms with Gasteiger partial charge in [0, 0.05) is 11.5 Å². The van der Waals surface area contributed by atoms with Crippen molar-refractivity contribution in [2.45, 2.75) is 26.2 Å². The lowest BCUT2D eigenvalue weighted by atomic mass is 9.73. The SMILES string of the molecule is CCOC(=O)/C=C/c1ccc(/C(=C(\c2ccccc2)C2CCC2)c2ccc3[nH]ncc3c2)cc1. The van der Waals surface area contributed by atoms with E-state index in [-0.39, 0.29) is 5.97 Å². The Kier molecular flexibility index (Phi) is 6.39. The van der Waals surface area contributed by atoms with Crippen LogP contribution in [-0.4, -0.2) is 22.8 Å². The van der Waals surface area contributed by atoms with Crippen LogP contribution in [0.1, 0.15) is 48.4 Å². The molecule has 170 valence electrons. The highest BCUT2D eigenvalue weighted by molar-refractivity contribution is 6.01. The third-order valence-electron chi connectivity index (χ3n) is 6.49. The second kappa shape index (κ2) is 9.92. The van der Waals surface area contributed by atoms with Gasteiger partial charge in [-0.1, -0.05) is 67.1 Å². The van der Waals surface area contributed by atoms with Gasteiger partial charge in [-0.2, -0.15) is 5.10 Å². The van der Waals surface area contributed by atoms with E-state index in [9.17, 15) is 4.79 Å². The Hall–Kier alpha value is -3.92. The van der Waals surface area contributed by atoms with Crippen LogP contribution in [0.2, 0.25) is 0 Å². The molecule has 0 aliphatic heterocycles. The molecule has 1 aromatic heterocycles. The first kappa shape index (κ1) is 21.9. The zero-order chi connectivity index (χ0) is 23.3. The van der Waals surface area contributed by atoms with Crippen molar-refractivity contribution >= 4 is 34.1 Å². The Morgan fingerprint density at radius 3 is 2.47 bits per heavy atom. The first-order valence-corrected chi connectivity index (χ1v) is 11.9. The van der Waals surface area contributed by atoms with E-state index in [2.05, 4.69) is 83.0 Å². The van der Waals surface area contributed by atoms with Crippen molar-refractivity contribution in [2.24, 2.45) is 5.92 Å². The standard InChI is InChI=1S/C30H28N2O2/c1-2-34-28(33)18-13-21-11-14-24(15-12-21)30(25-16-17-27-26(19-25)20-31-32-27)29(23-9-6-10-23)22-7-4-3-5-8-22/h3-5,7-8,11-20,23H,2,6,9-10H2,1H3,(H,31,32)/b18-13+,30-29-. The largest absolute Gasteiger partial charge is 0.463 e. The van der Waals surface area contributed by atoms with Crippen molar-refractivity contribution in [3.8, 4) is 0 Å². The van der Waals surface area contributed by atoms with Crippen LogP contribution in [0.15, 0.2) is 85.1 Å². The molecule has 4 nitrogen and oxygen atoms in total. The Bertz CT molecular complexity index is 1340. The number of H-pyrrole nitrogens is 1. The van der Waals surface area contributed by atoms with Gasteiger partial charge in [-0.25, -0.2) is 4.79 Å². The molecule has 0 amide bonds. The Labute approximate surface area is 200 Å². The second-order valence-electron chi connectivity index (χ2n) is 8.66. The molecule has 0 spiro atoms. The van der Waals surface area contributed by atoms with Crippen LogP contribution in [0.5, 0.6) is 0 Å². The Morgan fingerprint density at radius 1 is 1.00 bits per heavy atom. The molecule has 1 aliphatic rings. The monoisotopic (exact) mass is 448 g/mol. The third-order valence-corrected chi connectivity index (χ3v) is 6.49. The maximum Gasteiger partial charge on any atom is 0.330 e. The highest BCUT2D eigenvalue weighted by Gasteiger charge is 2.27. The van der Waals surface area contributed by atoms with Crippen LogP contribution in [0, 0.1) is 5.92 Å². The minimum atomic E-state index is -0.322. The molecule has 5 rings (SSSR count). The van der Waals surface area contributed by atoms with Gasteiger partial charge < -0.3 is 4.74 Å². The van der Waals surface area contributed by atoms with Gasteiger partial charge in [0.1, 0.15) is 0 Å². The van der Waals surface area contributed by atoms with Gasteiger partial charge in [-0.05, 0) is 77.3 Å². The summed E-state index contributed by atoms with van der Waals surface area (Å²) in [5, 5.41) is 8.37. The topological polar surface area (TPSA) is 55.0 Å². The molecular weight excluding hydrogens is 420 g/mol. The molecule has 34 heavy (non-hydrogen) atoms. The summed E-state index contributed by atoms with van der Waals surface area (Å²) in [7, 11) is 0. The second-order valence-corrected chi connectivity index (χ2v) is 8.66. The average molecular weight is 449 g/mol. The Morgan fingerprint density at radius 2 is 1.76 bits per heavy atom. The number of ether oxygens (including phenoxy) is 1. The number of carbonyl (C=O) groups excluding carboxylic acids is 1. The fraction of sp³-hybridized carbons (Fsp3) is 0.200. The summed E-state index contributed by atoms with van der Waals surface area (Å²) < 4.78 is 5.00. The lowest BCUT2D eigenvalue weighted by molar-refractivity contribution is -0.137. The molecule has 1 saturated carbocycles. The fourth-order valence-electron chi connectivity index (χ4n) is 4.59. The number of hydrogen-bond acceptors (Lipinski definition) is 3. The van der Waals surface area contributed by atoms with Gasteiger partial charge in [0.2, 0.25) is 0 Å². The zero-order valence-corrected chi connectivity index (χ0v) is 19.3. The number of rotatable bonds is 7.